The Morgan fingerprint density at radius 3 is 2.80 bits per heavy atom. The molecule has 0 aromatic heterocycles. The van der Waals surface area contributed by atoms with Gasteiger partial charge in [-0.15, -0.1) is 0 Å². The fourth-order valence-corrected chi connectivity index (χ4v) is 3.08. The number of methoxy groups -OCH3 is 1. The van der Waals surface area contributed by atoms with Crippen LogP contribution in [0.1, 0.15) is 22.6 Å². The van der Waals surface area contributed by atoms with Crippen molar-refractivity contribution in [1.29, 1.82) is 0 Å². The number of nitrogens with two attached hydrogens (primary N) is 1. The Bertz CT molecular complexity index is 791. The molecule has 6 nitrogen and oxygen atoms in total. The highest BCUT2D eigenvalue weighted by Gasteiger charge is 2.33. The summed E-state index contributed by atoms with van der Waals surface area (Å²) < 4.78 is 4.91. The summed E-state index contributed by atoms with van der Waals surface area (Å²) >= 11 is 0. The van der Waals surface area contributed by atoms with E-state index >= 15 is 0 Å². The summed E-state index contributed by atoms with van der Waals surface area (Å²) in [7, 11) is 1.36. The molecule has 1 aliphatic rings. The van der Waals surface area contributed by atoms with Crippen LogP contribution in [-0.2, 0) is 22.6 Å². The van der Waals surface area contributed by atoms with Gasteiger partial charge in [0.05, 0.1) is 13.0 Å². The van der Waals surface area contributed by atoms with E-state index < -0.39 is 5.92 Å². The van der Waals surface area contributed by atoms with Gasteiger partial charge in [0.1, 0.15) is 0 Å². The number of carbonyl (C=O) groups excluding carboxylic acids is 2. The lowest BCUT2D eigenvalue weighted by Gasteiger charge is -2.33. The van der Waals surface area contributed by atoms with Gasteiger partial charge in [-0.05, 0) is 28.8 Å². The van der Waals surface area contributed by atoms with Gasteiger partial charge in [0.15, 0.2) is 0 Å². The normalized spacial score (nSPS) is 16.1. The van der Waals surface area contributed by atoms with Crippen molar-refractivity contribution in [2.75, 3.05) is 19.0 Å². The summed E-state index contributed by atoms with van der Waals surface area (Å²) in [5, 5.41) is 2.87. The molecule has 130 valence electrons. The zero-order chi connectivity index (χ0) is 17.8. The smallest absolute Gasteiger partial charge is 0.322 e. The first-order chi connectivity index (χ1) is 12.1. The minimum absolute atomic E-state index is 0.252. The molecule has 1 aliphatic heterocycles. The third kappa shape index (κ3) is 3.64. The van der Waals surface area contributed by atoms with Crippen molar-refractivity contribution in [1.82, 2.24) is 4.90 Å². The van der Waals surface area contributed by atoms with Crippen LogP contribution in [0.4, 0.5) is 10.5 Å². The minimum Gasteiger partial charge on any atom is -0.468 e. The molecule has 25 heavy (non-hydrogen) atoms. The number of fused-ring (bicyclic) bond motifs is 1. The molecule has 0 saturated heterocycles. The fraction of sp³-hybridized carbons (Fsp3) is 0.263. The highest BCUT2D eigenvalue weighted by atomic mass is 16.5. The van der Waals surface area contributed by atoms with Crippen molar-refractivity contribution in [3.63, 3.8) is 0 Å². The summed E-state index contributed by atoms with van der Waals surface area (Å²) in [5.74, 6) is -0.814. The van der Waals surface area contributed by atoms with Gasteiger partial charge in [0.2, 0.25) is 0 Å². The number of hydrogen-bond donors (Lipinski definition) is 2. The van der Waals surface area contributed by atoms with Gasteiger partial charge >= 0.3 is 12.0 Å². The third-order valence-electron chi connectivity index (χ3n) is 4.38. The molecule has 6 heteroatoms. The molecule has 0 fully saturated rings. The predicted octanol–water partition coefficient (Wildman–Crippen LogP) is 2.45. The van der Waals surface area contributed by atoms with Crippen LogP contribution in [-0.4, -0.2) is 30.6 Å². The van der Waals surface area contributed by atoms with Crippen LogP contribution in [0.5, 0.6) is 0 Å². The minimum atomic E-state index is -0.476. The topological polar surface area (TPSA) is 84.7 Å². The zero-order valence-corrected chi connectivity index (χ0v) is 14.1. The van der Waals surface area contributed by atoms with Gasteiger partial charge in [0.25, 0.3) is 0 Å². The van der Waals surface area contributed by atoms with Crippen LogP contribution in [0.25, 0.3) is 0 Å². The number of nitrogens with zero attached hydrogens (tertiary/aromatic N) is 1. The first-order valence-electron chi connectivity index (χ1n) is 8.13. The lowest BCUT2D eigenvalue weighted by molar-refractivity contribution is -0.143. The Kier molecular flexibility index (Phi) is 5.00. The summed E-state index contributed by atoms with van der Waals surface area (Å²) in [6.07, 6.45) is 0. The van der Waals surface area contributed by atoms with E-state index in [1.54, 1.807) is 4.90 Å². The average molecular weight is 339 g/mol. The SMILES string of the molecule is COC(=O)C1CN(C(=O)Nc2cccc(CN)c2)Cc2ccccc21. The summed E-state index contributed by atoms with van der Waals surface area (Å²) in [6.45, 7) is 1.14. The first-order valence-corrected chi connectivity index (χ1v) is 8.13. The largest absolute Gasteiger partial charge is 0.468 e. The second-order valence-corrected chi connectivity index (χ2v) is 5.99. The lowest BCUT2D eigenvalue weighted by Crippen LogP contribution is -2.43. The van der Waals surface area contributed by atoms with E-state index in [0.717, 1.165) is 16.7 Å². The number of rotatable bonds is 3. The molecule has 1 atom stereocenters. The second-order valence-electron chi connectivity index (χ2n) is 5.99. The van der Waals surface area contributed by atoms with Gasteiger partial charge < -0.3 is 20.7 Å². The highest BCUT2D eigenvalue weighted by molar-refractivity contribution is 5.90. The van der Waals surface area contributed by atoms with Crippen molar-refractivity contribution < 1.29 is 14.3 Å². The van der Waals surface area contributed by atoms with Gasteiger partial charge in [0, 0.05) is 25.3 Å². The Balaban J connectivity index is 1.80. The molecule has 0 spiro atoms. The maximum absolute atomic E-state index is 12.7. The molecule has 1 unspecified atom stereocenters. The molecule has 0 aliphatic carbocycles. The summed E-state index contributed by atoms with van der Waals surface area (Å²) in [4.78, 5) is 26.4. The lowest BCUT2D eigenvalue weighted by atomic mass is 9.90. The van der Waals surface area contributed by atoms with Gasteiger partial charge in [-0.1, -0.05) is 36.4 Å². The molecule has 0 radical (unpaired) electrons. The van der Waals surface area contributed by atoms with Crippen LogP contribution < -0.4 is 11.1 Å². The molecule has 3 N–H and O–H groups in total. The van der Waals surface area contributed by atoms with E-state index in [1.165, 1.54) is 7.11 Å². The monoisotopic (exact) mass is 339 g/mol. The van der Waals surface area contributed by atoms with Crippen molar-refractivity contribution in [2.24, 2.45) is 5.73 Å². The Morgan fingerprint density at radius 2 is 2.04 bits per heavy atom. The Hall–Kier alpha value is -2.86. The fourth-order valence-electron chi connectivity index (χ4n) is 3.08. The number of amides is 2. The van der Waals surface area contributed by atoms with Crippen LogP contribution in [0.2, 0.25) is 0 Å². The van der Waals surface area contributed by atoms with Crippen molar-refractivity contribution in [3.05, 3.63) is 65.2 Å². The maximum atomic E-state index is 12.7. The van der Waals surface area contributed by atoms with Crippen molar-refractivity contribution >= 4 is 17.7 Å². The number of hydrogen-bond acceptors (Lipinski definition) is 4. The maximum Gasteiger partial charge on any atom is 0.322 e. The summed E-state index contributed by atoms with van der Waals surface area (Å²) in [5.41, 5.74) is 9.13. The number of esters is 1. The van der Waals surface area contributed by atoms with Crippen molar-refractivity contribution in [2.45, 2.75) is 19.0 Å². The number of benzene rings is 2. The number of ether oxygens (including phenoxy) is 1. The molecule has 0 bridgehead atoms. The number of urea groups is 1. The number of anilines is 1. The van der Waals surface area contributed by atoms with Gasteiger partial charge in [-0.2, -0.15) is 0 Å². The molecular formula is C19H21N3O3. The summed E-state index contributed by atoms with van der Waals surface area (Å²) in [6, 6.07) is 14.8. The van der Waals surface area contributed by atoms with Gasteiger partial charge in [-0.3, -0.25) is 4.79 Å². The van der Waals surface area contributed by atoms with Gasteiger partial charge in [-0.25, -0.2) is 4.79 Å². The van der Waals surface area contributed by atoms with Crippen LogP contribution in [0.15, 0.2) is 48.5 Å². The standard InChI is InChI=1S/C19H21N3O3/c1-25-18(23)17-12-22(11-14-6-2-3-8-16(14)17)19(24)21-15-7-4-5-13(9-15)10-20/h2-9,17H,10-12,20H2,1H3,(H,21,24). The van der Waals surface area contributed by atoms with E-state index in [0.29, 0.717) is 18.8 Å². The van der Waals surface area contributed by atoms with E-state index in [4.69, 9.17) is 10.5 Å². The van der Waals surface area contributed by atoms with Crippen LogP contribution >= 0.6 is 0 Å². The van der Waals surface area contributed by atoms with E-state index in [2.05, 4.69) is 5.32 Å². The van der Waals surface area contributed by atoms with E-state index in [-0.39, 0.29) is 18.5 Å². The molecule has 1 heterocycles. The molecular weight excluding hydrogens is 318 g/mol. The molecule has 2 amide bonds. The second kappa shape index (κ2) is 7.36. The molecule has 0 saturated carbocycles. The van der Waals surface area contributed by atoms with Crippen LogP contribution in [0, 0.1) is 0 Å². The zero-order valence-electron chi connectivity index (χ0n) is 14.1. The third-order valence-corrected chi connectivity index (χ3v) is 4.38. The molecule has 2 aromatic carbocycles. The molecule has 3 rings (SSSR count). The average Bonchev–Trinajstić information content (AvgIpc) is 2.66. The van der Waals surface area contributed by atoms with E-state index in [1.807, 2.05) is 48.5 Å². The Labute approximate surface area is 146 Å². The molecule has 2 aromatic rings. The first kappa shape index (κ1) is 17.0. The number of carbonyl (C=O) groups is 2. The van der Waals surface area contributed by atoms with Crippen molar-refractivity contribution in [3.8, 4) is 0 Å². The van der Waals surface area contributed by atoms with E-state index in [9.17, 15) is 9.59 Å². The highest BCUT2D eigenvalue weighted by Crippen LogP contribution is 2.29. The van der Waals surface area contributed by atoms with Crippen LogP contribution in [0.3, 0.4) is 0 Å². The quantitative estimate of drug-likeness (QED) is 0.841. The predicted molar refractivity (Wildman–Crippen MR) is 95.0 cm³/mol. The Morgan fingerprint density at radius 1 is 1.24 bits per heavy atom. The number of nitrogens with one attached hydrogen (secondary N) is 1.